The second-order valence-electron chi connectivity index (χ2n) is 3.57. The van der Waals surface area contributed by atoms with Crippen LogP contribution < -0.4 is 0 Å². The molecule has 0 spiro atoms. The molecule has 16 heavy (non-hydrogen) atoms. The summed E-state index contributed by atoms with van der Waals surface area (Å²) < 4.78 is 0. The number of aromatic amines is 1. The maximum absolute atomic E-state index is 11.6. The van der Waals surface area contributed by atoms with Gasteiger partial charge in [-0.1, -0.05) is 34.1 Å². The predicted octanol–water partition coefficient (Wildman–Crippen LogP) is 2.76. The highest BCUT2D eigenvalue weighted by atomic mass is 79.9. The van der Waals surface area contributed by atoms with E-state index in [4.69, 9.17) is 0 Å². The normalized spacial score (nSPS) is 12.6. The van der Waals surface area contributed by atoms with Crippen LogP contribution in [0.3, 0.4) is 0 Å². The minimum Gasteiger partial charge on any atom is -0.361 e. The molecule has 82 valence electrons. The van der Waals surface area contributed by atoms with Gasteiger partial charge < -0.3 is 4.98 Å². The maximum Gasteiger partial charge on any atom is 0.216 e. The molecule has 1 heterocycles. The highest BCUT2D eigenvalue weighted by Gasteiger charge is 2.23. The van der Waals surface area contributed by atoms with E-state index in [-0.39, 0.29) is 0 Å². The minimum absolute atomic E-state index is 0.426. The van der Waals surface area contributed by atoms with E-state index in [2.05, 4.69) is 20.9 Å². The number of H-pyrrole nitrogens is 1. The third-order valence-corrected chi connectivity index (χ3v) is 3.38. The Kier molecular flexibility index (Phi) is 2.92. The predicted molar refractivity (Wildman–Crippen MR) is 65.7 cm³/mol. The molecular formula is C12H10BrNO2. The minimum atomic E-state index is -0.568. The molecule has 1 unspecified atom stereocenters. The van der Waals surface area contributed by atoms with Gasteiger partial charge in [0, 0.05) is 24.0 Å². The quantitative estimate of drug-likeness (QED) is 0.694. The first-order valence-electron chi connectivity index (χ1n) is 4.86. The van der Waals surface area contributed by atoms with Gasteiger partial charge in [-0.25, -0.2) is 0 Å². The Morgan fingerprint density at radius 3 is 2.69 bits per heavy atom. The van der Waals surface area contributed by atoms with Gasteiger partial charge in [-0.15, -0.1) is 0 Å². The number of aromatic nitrogens is 1. The second kappa shape index (κ2) is 4.22. The molecule has 0 aliphatic carbocycles. The Morgan fingerprint density at radius 2 is 2.00 bits per heavy atom. The molecule has 0 saturated carbocycles. The van der Waals surface area contributed by atoms with E-state index in [1.807, 2.05) is 24.3 Å². The van der Waals surface area contributed by atoms with Gasteiger partial charge in [-0.3, -0.25) is 9.59 Å². The van der Waals surface area contributed by atoms with Crippen molar-refractivity contribution < 1.29 is 9.59 Å². The summed E-state index contributed by atoms with van der Waals surface area (Å²) in [4.78, 5) is 25.1. The fourth-order valence-corrected chi connectivity index (χ4v) is 2.32. The summed E-state index contributed by atoms with van der Waals surface area (Å²) in [5, 5.41) is 0.957. The molecule has 2 aromatic rings. The van der Waals surface area contributed by atoms with E-state index in [1.54, 1.807) is 6.20 Å². The molecule has 1 atom stereocenters. The fraction of sp³-hybridized carbons (Fsp3) is 0.167. The maximum atomic E-state index is 11.6. The van der Waals surface area contributed by atoms with Crippen molar-refractivity contribution in [2.24, 2.45) is 0 Å². The lowest BCUT2D eigenvalue weighted by atomic mass is 10.1. The number of fused-ring (bicyclic) bond motifs is 1. The van der Waals surface area contributed by atoms with Crippen LogP contribution in [0.15, 0.2) is 30.5 Å². The number of halogens is 1. The molecule has 1 aromatic heterocycles. The molecule has 3 nitrogen and oxygen atoms in total. The fourth-order valence-electron chi connectivity index (χ4n) is 1.62. The van der Waals surface area contributed by atoms with E-state index in [0.717, 1.165) is 16.5 Å². The average molecular weight is 280 g/mol. The summed E-state index contributed by atoms with van der Waals surface area (Å²) in [6.07, 6.45) is 1.75. The van der Waals surface area contributed by atoms with Gasteiger partial charge in [-0.05, 0) is 11.6 Å². The van der Waals surface area contributed by atoms with Crippen molar-refractivity contribution in [1.29, 1.82) is 0 Å². The van der Waals surface area contributed by atoms with Crippen molar-refractivity contribution in [1.82, 2.24) is 4.98 Å². The zero-order chi connectivity index (χ0) is 11.7. The van der Waals surface area contributed by atoms with E-state index in [9.17, 15) is 9.59 Å². The number of nitrogens with one attached hydrogen (secondary N) is 1. The van der Waals surface area contributed by atoms with Gasteiger partial charge in [0.05, 0.1) is 0 Å². The Hall–Kier alpha value is -1.42. The lowest BCUT2D eigenvalue weighted by molar-refractivity contribution is -0.134. The Labute approximate surface area is 101 Å². The second-order valence-corrected chi connectivity index (χ2v) is 4.49. The third-order valence-electron chi connectivity index (χ3n) is 2.47. The smallest absolute Gasteiger partial charge is 0.216 e. The van der Waals surface area contributed by atoms with Gasteiger partial charge in [0.25, 0.3) is 0 Å². The van der Waals surface area contributed by atoms with Crippen molar-refractivity contribution in [3.8, 4) is 0 Å². The number of alkyl halides is 1. The summed E-state index contributed by atoms with van der Waals surface area (Å²) >= 11 is 3.26. The molecule has 1 aromatic carbocycles. The summed E-state index contributed by atoms with van der Waals surface area (Å²) in [6.45, 7) is 1.28. The monoisotopic (exact) mass is 279 g/mol. The number of Topliss-reactive ketones (excluding diaryl/α,β-unsaturated/α-hetero) is 2. The molecule has 0 amide bonds. The summed E-state index contributed by atoms with van der Waals surface area (Å²) in [5.74, 6) is -0.864. The van der Waals surface area contributed by atoms with Crippen LogP contribution in [0.2, 0.25) is 0 Å². The topological polar surface area (TPSA) is 49.9 Å². The van der Waals surface area contributed by atoms with Crippen LogP contribution >= 0.6 is 15.9 Å². The van der Waals surface area contributed by atoms with Crippen LogP contribution in [0.1, 0.15) is 17.3 Å². The Balaban J connectivity index is 2.48. The standard InChI is InChI=1S/C12H10BrNO2/c1-7(15)12(16)11(13)9-6-14-10-5-3-2-4-8(9)10/h2-6,11,14H,1H3. The third kappa shape index (κ3) is 1.80. The number of para-hydroxylation sites is 1. The van der Waals surface area contributed by atoms with Gasteiger partial charge in [0.1, 0.15) is 4.83 Å². The number of carbonyl (C=O) groups excluding carboxylic acids is 2. The highest BCUT2D eigenvalue weighted by molar-refractivity contribution is 9.09. The number of hydrogen-bond donors (Lipinski definition) is 1. The van der Waals surface area contributed by atoms with Gasteiger partial charge >= 0.3 is 0 Å². The van der Waals surface area contributed by atoms with E-state index in [0.29, 0.717) is 0 Å². The lowest BCUT2D eigenvalue weighted by Crippen LogP contribution is -2.14. The molecule has 0 aliphatic rings. The number of carbonyl (C=O) groups is 2. The summed E-state index contributed by atoms with van der Waals surface area (Å²) in [6, 6.07) is 7.66. The molecule has 0 radical (unpaired) electrons. The molecule has 0 saturated heterocycles. The summed E-state index contributed by atoms with van der Waals surface area (Å²) in [7, 11) is 0. The number of hydrogen-bond acceptors (Lipinski definition) is 2. The van der Waals surface area contributed by atoms with Crippen LogP contribution in [0, 0.1) is 0 Å². The van der Waals surface area contributed by atoms with E-state index in [1.165, 1.54) is 6.92 Å². The van der Waals surface area contributed by atoms with Crippen LogP contribution in [0.25, 0.3) is 10.9 Å². The van der Waals surface area contributed by atoms with E-state index < -0.39 is 16.4 Å². The highest BCUT2D eigenvalue weighted by Crippen LogP contribution is 2.30. The number of ketones is 2. The number of rotatable bonds is 3. The largest absolute Gasteiger partial charge is 0.361 e. The average Bonchev–Trinajstić information content (AvgIpc) is 2.70. The molecule has 0 aliphatic heterocycles. The van der Waals surface area contributed by atoms with Crippen molar-refractivity contribution in [3.63, 3.8) is 0 Å². The van der Waals surface area contributed by atoms with Gasteiger partial charge in [0.15, 0.2) is 5.78 Å². The van der Waals surface area contributed by atoms with Crippen molar-refractivity contribution in [2.45, 2.75) is 11.8 Å². The first kappa shape index (κ1) is 11.1. The van der Waals surface area contributed by atoms with Crippen molar-refractivity contribution >= 4 is 38.4 Å². The first-order valence-corrected chi connectivity index (χ1v) is 5.77. The molecule has 2 rings (SSSR count). The van der Waals surface area contributed by atoms with Crippen LogP contribution in [-0.2, 0) is 9.59 Å². The Morgan fingerprint density at radius 1 is 1.31 bits per heavy atom. The zero-order valence-corrected chi connectivity index (χ0v) is 10.2. The molecule has 0 bridgehead atoms. The Bertz CT molecular complexity index is 559. The SMILES string of the molecule is CC(=O)C(=O)C(Br)c1c[nH]c2ccccc12. The zero-order valence-electron chi connectivity index (χ0n) is 8.66. The van der Waals surface area contributed by atoms with E-state index >= 15 is 0 Å². The van der Waals surface area contributed by atoms with Gasteiger partial charge in [-0.2, -0.15) is 0 Å². The van der Waals surface area contributed by atoms with Crippen molar-refractivity contribution in [2.75, 3.05) is 0 Å². The number of benzene rings is 1. The first-order chi connectivity index (χ1) is 7.61. The molecule has 0 fully saturated rings. The molecular weight excluding hydrogens is 270 g/mol. The lowest BCUT2D eigenvalue weighted by Gasteiger charge is -2.04. The molecule has 1 N–H and O–H groups in total. The summed E-state index contributed by atoms with van der Waals surface area (Å²) in [5.41, 5.74) is 1.76. The van der Waals surface area contributed by atoms with Crippen LogP contribution in [0.5, 0.6) is 0 Å². The molecule has 4 heteroatoms. The van der Waals surface area contributed by atoms with Crippen LogP contribution in [0.4, 0.5) is 0 Å². The van der Waals surface area contributed by atoms with Crippen molar-refractivity contribution in [3.05, 3.63) is 36.0 Å². The van der Waals surface area contributed by atoms with Gasteiger partial charge in [0.2, 0.25) is 5.78 Å². The van der Waals surface area contributed by atoms with Crippen LogP contribution in [-0.4, -0.2) is 16.6 Å².